The van der Waals surface area contributed by atoms with Gasteiger partial charge in [0.25, 0.3) is 0 Å². The zero-order valence-electron chi connectivity index (χ0n) is 13.6. The fourth-order valence-electron chi connectivity index (χ4n) is 2.65. The maximum atomic E-state index is 5.96. The molecule has 3 rings (SSSR count). The van der Waals surface area contributed by atoms with E-state index in [1.54, 1.807) is 11.3 Å². The van der Waals surface area contributed by atoms with Crippen molar-refractivity contribution in [1.82, 2.24) is 10.6 Å². The third-order valence-corrected chi connectivity index (χ3v) is 4.73. The number of rotatable bonds is 5. The van der Waals surface area contributed by atoms with Gasteiger partial charge in [0.1, 0.15) is 11.9 Å². The first kappa shape index (κ1) is 15.9. The zero-order valence-corrected chi connectivity index (χ0v) is 14.5. The Morgan fingerprint density at radius 3 is 2.87 bits per heavy atom. The van der Waals surface area contributed by atoms with Crippen LogP contribution in [0.2, 0.25) is 0 Å². The van der Waals surface area contributed by atoms with Crippen LogP contribution in [0.25, 0.3) is 0 Å². The fourth-order valence-corrected chi connectivity index (χ4v) is 3.46. The summed E-state index contributed by atoms with van der Waals surface area (Å²) < 4.78 is 5.96. The van der Waals surface area contributed by atoms with Gasteiger partial charge in [-0.05, 0) is 37.6 Å². The lowest BCUT2D eigenvalue weighted by molar-refractivity contribution is 0.235. The third kappa shape index (κ3) is 4.26. The summed E-state index contributed by atoms with van der Waals surface area (Å²) in [5.74, 6) is 1.86. The van der Waals surface area contributed by atoms with Crippen LogP contribution in [-0.4, -0.2) is 25.2 Å². The van der Waals surface area contributed by atoms with Gasteiger partial charge in [0.05, 0.1) is 13.1 Å². The molecular formula is C18H23N3OS. The van der Waals surface area contributed by atoms with Gasteiger partial charge in [-0.1, -0.05) is 18.2 Å². The minimum atomic E-state index is 0.167. The van der Waals surface area contributed by atoms with Gasteiger partial charge in [-0.15, -0.1) is 11.3 Å². The Morgan fingerprint density at radius 1 is 1.26 bits per heavy atom. The number of benzene rings is 1. The van der Waals surface area contributed by atoms with E-state index in [1.807, 2.05) is 12.1 Å². The summed E-state index contributed by atoms with van der Waals surface area (Å²) >= 11 is 1.80. The highest BCUT2D eigenvalue weighted by atomic mass is 32.1. The van der Waals surface area contributed by atoms with Crippen LogP contribution in [0.15, 0.2) is 41.4 Å². The number of aryl methyl sites for hydroxylation is 1. The van der Waals surface area contributed by atoms with E-state index in [9.17, 15) is 0 Å². The van der Waals surface area contributed by atoms with Gasteiger partial charge in [0.2, 0.25) is 0 Å². The van der Waals surface area contributed by atoms with Crippen LogP contribution in [0, 0.1) is 6.92 Å². The number of aliphatic imine (C=N–C) groups is 1. The Bertz CT molecular complexity index is 655. The maximum Gasteiger partial charge on any atom is 0.191 e. The number of guanidine groups is 1. The van der Waals surface area contributed by atoms with E-state index in [4.69, 9.17) is 4.74 Å². The minimum Gasteiger partial charge on any atom is -0.488 e. The van der Waals surface area contributed by atoms with Crippen LogP contribution < -0.4 is 15.4 Å². The number of hydrogen-bond donors (Lipinski definition) is 2. The molecule has 0 aliphatic carbocycles. The number of ether oxygens (including phenoxy) is 1. The van der Waals surface area contributed by atoms with E-state index in [-0.39, 0.29) is 6.10 Å². The SMILES string of the molecule is CCNC(=NCc1ccc(C)s1)NCC1Cc2ccccc2O1. The molecule has 4 nitrogen and oxygen atoms in total. The normalized spacial score (nSPS) is 16.8. The van der Waals surface area contributed by atoms with E-state index < -0.39 is 0 Å². The first-order valence-corrected chi connectivity index (χ1v) is 8.88. The van der Waals surface area contributed by atoms with Crippen molar-refractivity contribution >= 4 is 17.3 Å². The highest BCUT2D eigenvalue weighted by Gasteiger charge is 2.22. The molecule has 1 aliphatic heterocycles. The van der Waals surface area contributed by atoms with Crippen LogP contribution in [-0.2, 0) is 13.0 Å². The van der Waals surface area contributed by atoms with Crippen molar-refractivity contribution < 1.29 is 4.74 Å². The molecule has 1 aromatic carbocycles. The van der Waals surface area contributed by atoms with Crippen LogP contribution in [0.1, 0.15) is 22.2 Å². The summed E-state index contributed by atoms with van der Waals surface area (Å²) in [5.41, 5.74) is 1.29. The lowest BCUT2D eigenvalue weighted by Crippen LogP contribution is -2.42. The average Bonchev–Trinajstić information content (AvgIpc) is 3.15. The average molecular weight is 329 g/mol. The predicted molar refractivity (Wildman–Crippen MR) is 96.4 cm³/mol. The molecule has 0 spiro atoms. The molecule has 0 fully saturated rings. The Morgan fingerprint density at radius 2 is 2.13 bits per heavy atom. The number of nitrogens with zero attached hydrogens (tertiary/aromatic N) is 1. The number of hydrogen-bond acceptors (Lipinski definition) is 3. The standard InChI is InChI=1S/C18H23N3OS/c1-3-19-18(21-12-16-9-8-13(2)23-16)20-11-15-10-14-6-4-5-7-17(14)22-15/h4-9,15H,3,10-12H2,1-2H3,(H2,19,20,21). The molecule has 0 bridgehead atoms. The molecule has 1 aromatic heterocycles. The summed E-state index contributed by atoms with van der Waals surface area (Å²) in [6.45, 7) is 6.51. The molecule has 0 amide bonds. The van der Waals surface area contributed by atoms with Crippen molar-refractivity contribution in [1.29, 1.82) is 0 Å². The lowest BCUT2D eigenvalue weighted by Gasteiger charge is -2.15. The third-order valence-electron chi connectivity index (χ3n) is 3.74. The number of nitrogens with one attached hydrogen (secondary N) is 2. The van der Waals surface area contributed by atoms with Gasteiger partial charge in [-0.3, -0.25) is 0 Å². The zero-order chi connectivity index (χ0) is 16.1. The van der Waals surface area contributed by atoms with Gasteiger partial charge < -0.3 is 15.4 Å². The smallest absolute Gasteiger partial charge is 0.191 e. The van der Waals surface area contributed by atoms with E-state index in [2.05, 4.69) is 53.7 Å². The molecule has 1 atom stereocenters. The highest BCUT2D eigenvalue weighted by Crippen LogP contribution is 2.27. The molecule has 1 aliphatic rings. The fraction of sp³-hybridized carbons (Fsp3) is 0.389. The van der Waals surface area contributed by atoms with Gasteiger partial charge >= 0.3 is 0 Å². The van der Waals surface area contributed by atoms with Gasteiger partial charge in [0.15, 0.2) is 5.96 Å². The largest absolute Gasteiger partial charge is 0.488 e. The monoisotopic (exact) mass is 329 g/mol. The lowest BCUT2D eigenvalue weighted by atomic mass is 10.1. The van der Waals surface area contributed by atoms with Crippen molar-refractivity contribution in [2.75, 3.05) is 13.1 Å². The first-order valence-electron chi connectivity index (χ1n) is 8.06. The quantitative estimate of drug-likeness (QED) is 0.654. The predicted octanol–water partition coefficient (Wildman–Crippen LogP) is 3.12. The summed E-state index contributed by atoms with van der Waals surface area (Å²) in [6, 6.07) is 12.5. The molecule has 0 radical (unpaired) electrons. The minimum absolute atomic E-state index is 0.167. The highest BCUT2D eigenvalue weighted by molar-refractivity contribution is 7.11. The summed E-state index contributed by atoms with van der Waals surface area (Å²) in [6.07, 6.45) is 1.12. The van der Waals surface area contributed by atoms with Crippen molar-refractivity contribution in [3.8, 4) is 5.75 Å². The molecule has 1 unspecified atom stereocenters. The molecule has 0 saturated carbocycles. The molecule has 23 heavy (non-hydrogen) atoms. The summed E-state index contributed by atoms with van der Waals surface area (Å²) in [4.78, 5) is 7.26. The molecule has 2 aromatic rings. The van der Waals surface area contributed by atoms with Crippen LogP contribution in [0.5, 0.6) is 5.75 Å². The second-order valence-electron chi connectivity index (χ2n) is 5.64. The number of fused-ring (bicyclic) bond motifs is 1. The van der Waals surface area contributed by atoms with Crippen LogP contribution >= 0.6 is 11.3 Å². The van der Waals surface area contributed by atoms with E-state index >= 15 is 0 Å². The Labute approximate surface area is 141 Å². The second kappa shape index (κ2) is 7.51. The second-order valence-corrected chi connectivity index (χ2v) is 7.01. The summed E-state index contributed by atoms with van der Waals surface area (Å²) in [7, 11) is 0. The van der Waals surface area contributed by atoms with Gasteiger partial charge in [0, 0.05) is 22.7 Å². The maximum absolute atomic E-state index is 5.96. The Hall–Kier alpha value is -2.01. The first-order chi connectivity index (χ1) is 11.2. The van der Waals surface area contributed by atoms with E-state index in [1.165, 1.54) is 15.3 Å². The molecule has 0 saturated heterocycles. The molecule has 2 N–H and O–H groups in total. The van der Waals surface area contributed by atoms with E-state index in [0.29, 0.717) is 6.54 Å². The number of para-hydroxylation sites is 1. The Kier molecular flexibility index (Phi) is 5.18. The van der Waals surface area contributed by atoms with Crippen molar-refractivity contribution in [2.24, 2.45) is 4.99 Å². The van der Waals surface area contributed by atoms with Crippen molar-refractivity contribution in [3.63, 3.8) is 0 Å². The Balaban J connectivity index is 1.54. The molecule has 122 valence electrons. The van der Waals surface area contributed by atoms with Gasteiger partial charge in [-0.25, -0.2) is 4.99 Å². The van der Waals surface area contributed by atoms with E-state index in [0.717, 1.165) is 31.2 Å². The topological polar surface area (TPSA) is 45.7 Å². The van der Waals surface area contributed by atoms with Crippen LogP contribution in [0.3, 0.4) is 0 Å². The molecule has 5 heteroatoms. The van der Waals surface area contributed by atoms with Crippen molar-refractivity contribution in [2.45, 2.75) is 32.9 Å². The van der Waals surface area contributed by atoms with Crippen molar-refractivity contribution in [3.05, 3.63) is 51.7 Å². The van der Waals surface area contributed by atoms with Crippen LogP contribution in [0.4, 0.5) is 0 Å². The molecular weight excluding hydrogens is 306 g/mol. The summed E-state index contributed by atoms with van der Waals surface area (Å²) in [5, 5.41) is 6.69. The number of thiophene rings is 1. The van der Waals surface area contributed by atoms with Gasteiger partial charge in [-0.2, -0.15) is 0 Å². The molecule has 2 heterocycles.